The molecule has 0 amide bonds. The Bertz CT molecular complexity index is 630. The van der Waals surface area contributed by atoms with Gasteiger partial charge in [0.15, 0.2) is 11.5 Å². The zero-order valence-electron chi connectivity index (χ0n) is 12.4. The average molecular weight is 318 g/mol. The molecule has 0 bridgehead atoms. The van der Waals surface area contributed by atoms with Gasteiger partial charge in [-0.2, -0.15) is 0 Å². The predicted octanol–water partition coefficient (Wildman–Crippen LogP) is 3.99. The van der Waals surface area contributed by atoms with Gasteiger partial charge in [-0.15, -0.1) is 11.8 Å². The molecule has 1 heterocycles. The van der Waals surface area contributed by atoms with Crippen LogP contribution < -0.4 is 18.9 Å². The molecule has 4 nitrogen and oxygen atoms in total. The Labute approximate surface area is 134 Å². The largest absolute Gasteiger partial charge is 0.496 e. The van der Waals surface area contributed by atoms with Gasteiger partial charge < -0.3 is 18.9 Å². The molecule has 3 rings (SSSR count). The Morgan fingerprint density at radius 1 is 1.09 bits per heavy atom. The summed E-state index contributed by atoms with van der Waals surface area (Å²) in [4.78, 5) is 1.16. The fourth-order valence-corrected chi connectivity index (χ4v) is 3.09. The van der Waals surface area contributed by atoms with Crippen LogP contribution in [0.5, 0.6) is 23.0 Å². The molecule has 0 unspecified atom stereocenters. The van der Waals surface area contributed by atoms with E-state index in [2.05, 4.69) is 6.07 Å². The van der Waals surface area contributed by atoms with Gasteiger partial charge in [0.25, 0.3) is 0 Å². The highest BCUT2D eigenvalue weighted by Crippen LogP contribution is 2.35. The van der Waals surface area contributed by atoms with Crippen LogP contribution in [0.25, 0.3) is 0 Å². The molecular weight excluding hydrogens is 300 g/mol. The number of thioether (sulfide) groups is 1. The van der Waals surface area contributed by atoms with Gasteiger partial charge in [0.2, 0.25) is 6.79 Å². The topological polar surface area (TPSA) is 36.9 Å². The summed E-state index contributed by atoms with van der Waals surface area (Å²) in [7, 11) is 1.70. The minimum absolute atomic E-state index is 0.286. The van der Waals surface area contributed by atoms with E-state index < -0.39 is 0 Å². The van der Waals surface area contributed by atoms with Gasteiger partial charge in [0, 0.05) is 16.7 Å². The number of para-hydroxylation sites is 1. The second-order valence-corrected chi connectivity index (χ2v) is 5.85. The van der Waals surface area contributed by atoms with Crippen LogP contribution in [-0.4, -0.2) is 26.3 Å². The highest BCUT2D eigenvalue weighted by Gasteiger charge is 2.13. The van der Waals surface area contributed by atoms with Gasteiger partial charge >= 0.3 is 0 Å². The molecular formula is C17H18O4S. The van der Waals surface area contributed by atoms with E-state index in [9.17, 15) is 0 Å². The average Bonchev–Trinajstić information content (AvgIpc) is 3.02. The quantitative estimate of drug-likeness (QED) is 0.570. The van der Waals surface area contributed by atoms with Crippen LogP contribution in [-0.2, 0) is 0 Å². The Hall–Kier alpha value is -2.01. The van der Waals surface area contributed by atoms with E-state index in [-0.39, 0.29) is 6.79 Å². The highest BCUT2D eigenvalue weighted by molar-refractivity contribution is 7.99. The number of rotatable bonds is 7. The maximum atomic E-state index is 5.75. The summed E-state index contributed by atoms with van der Waals surface area (Å²) in [5.41, 5.74) is 0. The molecule has 0 radical (unpaired) electrons. The van der Waals surface area contributed by atoms with E-state index >= 15 is 0 Å². The molecule has 0 atom stereocenters. The second kappa shape index (κ2) is 7.31. The van der Waals surface area contributed by atoms with Crippen molar-refractivity contribution in [3.63, 3.8) is 0 Å². The van der Waals surface area contributed by atoms with Gasteiger partial charge in [-0.3, -0.25) is 0 Å². The number of hydrogen-bond acceptors (Lipinski definition) is 5. The molecule has 1 aliphatic rings. The van der Waals surface area contributed by atoms with Gasteiger partial charge in [-0.1, -0.05) is 12.1 Å². The Morgan fingerprint density at radius 2 is 1.95 bits per heavy atom. The fraction of sp³-hybridized carbons (Fsp3) is 0.294. The molecule has 22 heavy (non-hydrogen) atoms. The van der Waals surface area contributed by atoms with Crippen molar-refractivity contribution in [1.29, 1.82) is 0 Å². The van der Waals surface area contributed by atoms with Gasteiger partial charge in [0.05, 0.1) is 13.7 Å². The second-order valence-electron chi connectivity index (χ2n) is 4.72. The zero-order chi connectivity index (χ0) is 15.2. The molecule has 0 saturated carbocycles. The molecule has 0 saturated heterocycles. The van der Waals surface area contributed by atoms with Crippen molar-refractivity contribution in [1.82, 2.24) is 0 Å². The van der Waals surface area contributed by atoms with Crippen LogP contribution in [0.1, 0.15) is 6.42 Å². The van der Waals surface area contributed by atoms with Crippen molar-refractivity contribution in [2.24, 2.45) is 0 Å². The molecule has 1 aliphatic heterocycles. The van der Waals surface area contributed by atoms with Crippen LogP contribution >= 0.6 is 11.8 Å². The molecule has 0 fully saturated rings. The summed E-state index contributed by atoms with van der Waals surface area (Å²) >= 11 is 1.78. The Morgan fingerprint density at radius 3 is 2.86 bits per heavy atom. The smallest absolute Gasteiger partial charge is 0.231 e. The summed E-state index contributed by atoms with van der Waals surface area (Å²) in [6.45, 7) is 0.954. The lowest BCUT2D eigenvalue weighted by Gasteiger charge is -2.09. The van der Waals surface area contributed by atoms with Gasteiger partial charge in [-0.25, -0.2) is 0 Å². The first-order valence-electron chi connectivity index (χ1n) is 7.15. The lowest BCUT2D eigenvalue weighted by molar-refractivity contribution is 0.173. The van der Waals surface area contributed by atoms with Crippen LogP contribution in [0.4, 0.5) is 0 Å². The predicted molar refractivity (Wildman–Crippen MR) is 86.4 cm³/mol. The van der Waals surface area contributed by atoms with Crippen molar-refractivity contribution in [3.05, 3.63) is 42.5 Å². The van der Waals surface area contributed by atoms with Crippen LogP contribution in [0, 0.1) is 0 Å². The number of hydrogen-bond donors (Lipinski definition) is 0. The van der Waals surface area contributed by atoms with E-state index in [1.54, 1.807) is 18.9 Å². The van der Waals surface area contributed by atoms with Crippen LogP contribution in [0.15, 0.2) is 47.4 Å². The van der Waals surface area contributed by atoms with Crippen molar-refractivity contribution in [2.75, 3.05) is 26.3 Å². The number of methoxy groups -OCH3 is 1. The van der Waals surface area contributed by atoms with Crippen LogP contribution in [0.2, 0.25) is 0 Å². The third kappa shape index (κ3) is 3.60. The summed E-state index contributed by atoms with van der Waals surface area (Å²) < 4.78 is 21.7. The van der Waals surface area contributed by atoms with E-state index in [1.165, 1.54) is 0 Å². The summed E-state index contributed by atoms with van der Waals surface area (Å²) in [6.07, 6.45) is 0.956. The monoisotopic (exact) mass is 318 g/mol. The number of ether oxygens (including phenoxy) is 4. The summed E-state index contributed by atoms with van der Waals surface area (Å²) in [5, 5.41) is 0. The minimum atomic E-state index is 0.286. The SMILES string of the molecule is COc1ccccc1SCCCOc1ccc2c(c1)OCO2. The van der Waals surface area contributed by atoms with E-state index in [1.807, 2.05) is 36.4 Å². The maximum Gasteiger partial charge on any atom is 0.231 e. The molecule has 0 aromatic heterocycles. The lowest BCUT2D eigenvalue weighted by atomic mass is 10.3. The standard InChI is InChI=1S/C17H18O4S/c1-18-15-5-2-3-6-17(15)22-10-4-9-19-13-7-8-14-16(11-13)21-12-20-14/h2-3,5-8,11H,4,9-10,12H2,1H3. The third-order valence-electron chi connectivity index (χ3n) is 3.23. The fourth-order valence-electron chi connectivity index (χ4n) is 2.14. The van der Waals surface area contributed by atoms with E-state index in [4.69, 9.17) is 18.9 Å². The number of fused-ring (bicyclic) bond motifs is 1. The molecule has 2 aromatic carbocycles. The maximum absolute atomic E-state index is 5.75. The molecule has 0 N–H and O–H groups in total. The van der Waals surface area contributed by atoms with Crippen molar-refractivity contribution < 1.29 is 18.9 Å². The van der Waals surface area contributed by atoms with Crippen LogP contribution in [0.3, 0.4) is 0 Å². The molecule has 116 valence electrons. The lowest BCUT2D eigenvalue weighted by Crippen LogP contribution is -1.99. The summed E-state index contributed by atoms with van der Waals surface area (Å²) in [5.74, 6) is 4.24. The summed E-state index contributed by atoms with van der Waals surface area (Å²) in [6, 6.07) is 13.7. The molecule has 5 heteroatoms. The first-order chi connectivity index (χ1) is 10.9. The van der Waals surface area contributed by atoms with Crippen molar-refractivity contribution in [2.45, 2.75) is 11.3 Å². The molecule has 0 spiro atoms. The van der Waals surface area contributed by atoms with Gasteiger partial charge in [-0.05, 0) is 30.7 Å². The normalized spacial score (nSPS) is 12.2. The van der Waals surface area contributed by atoms with E-state index in [0.717, 1.165) is 40.1 Å². The Balaban J connectivity index is 1.42. The molecule has 0 aliphatic carbocycles. The van der Waals surface area contributed by atoms with Crippen molar-refractivity contribution >= 4 is 11.8 Å². The van der Waals surface area contributed by atoms with Crippen molar-refractivity contribution in [3.8, 4) is 23.0 Å². The number of benzene rings is 2. The zero-order valence-corrected chi connectivity index (χ0v) is 13.2. The first kappa shape index (κ1) is 14.9. The highest BCUT2D eigenvalue weighted by atomic mass is 32.2. The third-order valence-corrected chi connectivity index (χ3v) is 4.37. The van der Waals surface area contributed by atoms with Gasteiger partial charge in [0.1, 0.15) is 11.5 Å². The first-order valence-corrected chi connectivity index (χ1v) is 8.13. The minimum Gasteiger partial charge on any atom is -0.496 e. The molecule has 2 aromatic rings. The Kier molecular flexibility index (Phi) is 4.96. The van der Waals surface area contributed by atoms with E-state index in [0.29, 0.717) is 6.61 Å².